The maximum Gasteiger partial charge on any atom is 0.252 e. The average molecular weight is 468 g/mol. The Bertz CT molecular complexity index is 1330. The predicted octanol–water partition coefficient (Wildman–Crippen LogP) is 3.72. The van der Waals surface area contributed by atoms with Crippen LogP contribution in [0.3, 0.4) is 0 Å². The monoisotopic (exact) mass is 467 g/mol. The standard InChI is InChI=1S/C25H29N3O4S/c1-3-19-6-4-5-13-28(19)33(31,32)20-11-12-23-21(14-20)22(15-24(29)27-23)25(30)26-16-18-9-7-17(2)8-10-18/h7-12,14-15,19H,3-6,13,16H2,1-2H3,(H,26,30)(H,27,29). The number of nitrogens with zero attached hydrogens (tertiary/aromatic N) is 1. The summed E-state index contributed by atoms with van der Waals surface area (Å²) in [6, 6.07) is 13.6. The SMILES string of the molecule is CCC1CCCCN1S(=O)(=O)c1ccc2[nH]c(=O)cc(C(=O)NCc3ccc(C)cc3)c2c1. The molecule has 1 amide bonds. The van der Waals surface area contributed by atoms with Gasteiger partial charge in [-0.3, -0.25) is 9.59 Å². The molecule has 33 heavy (non-hydrogen) atoms. The summed E-state index contributed by atoms with van der Waals surface area (Å²) in [5.74, 6) is -0.425. The average Bonchev–Trinajstić information content (AvgIpc) is 2.82. The number of amides is 1. The molecular formula is C25H29N3O4S. The van der Waals surface area contributed by atoms with Gasteiger partial charge in [0.25, 0.3) is 5.91 Å². The lowest BCUT2D eigenvalue weighted by molar-refractivity contribution is 0.0952. The molecule has 1 saturated heterocycles. The molecule has 0 bridgehead atoms. The minimum absolute atomic E-state index is 0.0210. The molecular weight excluding hydrogens is 438 g/mol. The van der Waals surface area contributed by atoms with Gasteiger partial charge in [-0.1, -0.05) is 43.2 Å². The van der Waals surface area contributed by atoms with Crippen LogP contribution < -0.4 is 10.9 Å². The second kappa shape index (κ2) is 9.49. The van der Waals surface area contributed by atoms with Crippen LogP contribution in [0.25, 0.3) is 10.9 Å². The van der Waals surface area contributed by atoms with Crippen LogP contribution in [0.2, 0.25) is 0 Å². The zero-order valence-electron chi connectivity index (χ0n) is 18.9. The van der Waals surface area contributed by atoms with Crippen molar-refractivity contribution in [2.45, 2.75) is 57.0 Å². The van der Waals surface area contributed by atoms with E-state index in [9.17, 15) is 18.0 Å². The minimum Gasteiger partial charge on any atom is -0.348 e. The van der Waals surface area contributed by atoms with Gasteiger partial charge >= 0.3 is 0 Å². The van der Waals surface area contributed by atoms with E-state index >= 15 is 0 Å². The van der Waals surface area contributed by atoms with Crippen LogP contribution in [0, 0.1) is 6.92 Å². The highest BCUT2D eigenvalue weighted by Gasteiger charge is 2.32. The molecule has 1 unspecified atom stereocenters. The van der Waals surface area contributed by atoms with Crippen molar-refractivity contribution in [2.24, 2.45) is 0 Å². The van der Waals surface area contributed by atoms with E-state index in [-0.39, 0.29) is 16.5 Å². The molecule has 8 heteroatoms. The van der Waals surface area contributed by atoms with Gasteiger partial charge in [-0.25, -0.2) is 8.42 Å². The first kappa shape index (κ1) is 23.2. The Morgan fingerprint density at radius 1 is 1.12 bits per heavy atom. The maximum atomic E-state index is 13.4. The van der Waals surface area contributed by atoms with Gasteiger partial charge in [-0.15, -0.1) is 0 Å². The summed E-state index contributed by atoms with van der Waals surface area (Å²) in [5.41, 5.74) is 2.22. The third-order valence-corrected chi connectivity index (χ3v) is 8.23. The Morgan fingerprint density at radius 3 is 2.61 bits per heavy atom. The van der Waals surface area contributed by atoms with E-state index in [0.29, 0.717) is 24.0 Å². The van der Waals surface area contributed by atoms with Crippen LogP contribution in [-0.2, 0) is 16.6 Å². The Labute approximate surface area is 193 Å². The van der Waals surface area contributed by atoms with E-state index in [2.05, 4.69) is 10.3 Å². The van der Waals surface area contributed by atoms with E-state index in [1.165, 1.54) is 18.2 Å². The van der Waals surface area contributed by atoms with Gasteiger partial charge in [0, 0.05) is 36.1 Å². The number of fused-ring (bicyclic) bond motifs is 1. The molecule has 0 spiro atoms. The topological polar surface area (TPSA) is 99.3 Å². The highest BCUT2D eigenvalue weighted by atomic mass is 32.2. The van der Waals surface area contributed by atoms with Crippen LogP contribution in [-0.4, -0.2) is 36.2 Å². The number of hydrogen-bond acceptors (Lipinski definition) is 4. The van der Waals surface area contributed by atoms with E-state index in [1.54, 1.807) is 10.4 Å². The summed E-state index contributed by atoms with van der Waals surface area (Å²) in [5, 5.41) is 3.25. The molecule has 1 aromatic heterocycles. The number of nitrogens with one attached hydrogen (secondary N) is 2. The first-order valence-electron chi connectivity index (χ1n) is 11.3. The van der Waals surface area contributed by atoms with Crippen molar-refractivity contribution in [3.63, 3.8) is 0 Å². The number of aryl methyl sites for hydroxylation is 1. The smallest absolute Gasteiger partial charge is 0.252 e. The summed E-state index contributed by atoms with van der Waals surface area (Å²) in [7, 11) is -3.72. The normalized spacial score (nSPS) is 17.2. The van der Waals surface area contributed by atoms with Gasteiger partial charge in [0.15, 0.2) is 0 Å². The number of hydrogen-bond donors (Lipinski definition) is 2. The molecule has 0 saturated carbocycles. The first-order chi connectivity index (χ1) is 15.8. The van der Waals surface area contributed by atoms with Gasteiger partial charge in [0.2, 0.25) is 15.6 Å². The molecule has 1 atom stereocenters. The van der Waals surface area contributed by atoms with Crippen molar-refractivity contribution in [1.82, 2.24) is 14.6 Å². The summed E-state index contributed by atoms with van der Waals surface area (Å²) < 4.78 is 28.5. The Kier molecular flexibility index (Phi) is 6.67. The van der Waals surface area contributed by atoms with Crippen molar-refractivity contribution in [3.05, 3.63) is 75.6 Å². The number of aromatic nitrogens is 1. The van der Waals surface area contributed by atoms with Crippen molar-refractivity contribution < 1.29 is 13.2 Å². The highest BCUT2D eigenvalue weighted by molar-refractivity contribution is 7.89. The third kappa shape index (κ3) is 4.86. The van der Waals surface area contributed by atoms with Crippen molar-refractivity contribution >= 4 is 26.8 Å². The number of H-pyrrole nitrogens is 1. The number of aromatic amines is 1. The Balaban J connectivity index is 1.69. The highest BCUT2D eigenvalue weighted by Crippen LogP contribution is 2.29. The number of sulfonamides is 1. The van der Waals surface area contributed by atoms with E-state index in [0.717, 1.165) is 36.8 Å². The van der Waals surface area contributed by atoms with Crippen LogP contribution in [0.5, 0.6) is 0 Å². The fourth-order valence-corrected chi connectivity index (χ4v) is 6.19. The fourth-order valence-electron chi connectivity index (χ4n) is 4.40. The molecule has 2 heterocycles. The summed E-state index contributed by atoms with van der Waals surface area (Å²) >= 11 is 0. The van der Waals surface area contributed by atoms with Crippen LogP contribution in [0.4, 0.5) is 0 Å². The third-order valence-electron chi connectivity index (χ3n) is 6.28. The minimum atomic E-state index is -3.72. The van der Waals surface area contributed by atoms with Crippen molar-refractivity contribution in [3.8, 4) is 0 Å². The van der Waals surface area contributed by atoms with Crippen molar-refractivity contribution in [1.29, 1.82) is 0 Å². The number of rotatable bonds is 6. The molecule has 1 aliphatic heterocycles. The predicted molar refractivity (Wildman–Crippen MR) is 129 cm³/mol. The number of pyridine rings is 1. The quantitative estimate of drug-likeness (QED) is 0.577. The van der Waals surface area contributed by atoms with Gasteiger partial charge in [0.1, 0.15) is 0 Å². The van der Waals surface area contributed by atoms with E-state index < -0.39 is 21.5 Å². The first-order valence-corrected chi connectivity index (χ1v) is 12.8. The van der Waals surface area contributed by atoms with E-state index in [1.807, 2.05) is 38.1 Å². The van der Waals surface area contributed by atoms with Gasteiger partial charge in [0.05, 0.1) is 10.5 Å². The number of benzene rings is 2. The Hall–Kier alpha value is -2.97. The second-order valence-electron chi connectivity index (χ2n) is 8.60. The molecule has 0 radical (unpaired) electrons. The largest absolute Gasteiger partial charge is 0.348 e. The molecule has 1 fully saturated rings. The zero-order valence-corrected chi connectivity index (χ0v) is 19.7. The summed E-state index contributed by atoms with van der Waals surface area (Å²) in [6.45, 7) is 4.79. The number of carbonyl (C=O) groups excluding carboxylic acids is 1. The number of carbonyl (C=O) groups is 1. The molecule has 0 aliphatic carbocycles. The lowest BCUT2D eigenvalue weighted by atomic mass is 10.0. The van der Waals surface area contributed by atoms with E-state index in [4.69, 9.17) is 0 Å². The summed E-state index contributed by atoms with van der Waals surface area (Å²) in [6.07, 6.45) is 3.47. The molecule has 2 N–H and O–H groups in total. The lowest BCUT2D eigenvalue weighted by Gasteiger charge is -2.34. The zero-order chi connectivity index (χ0) is 23.6. The van der Waals surface area contributed by atoms with Gasteiger partial charge < -0.3 is 10.3 Å². The Morgan fingerprint density at radius 2 is 1.88 bits per heavy atom. The lowest BCUT2D eigenvalue weighted by Crippen LogP contribution is -2.43. The molecule has 7 nitrogen and oxygen atoms in total. The van der Waals surface area contributed by atoms with Crippen LogP contribution in [0.15, 0.2) is 58.2 Å². The van der Waals surface area contributed by atoms with Gasteiger partial charge in [-0.2, -0.15) is 4.31 Å². The molecule has 2 aromatic carbocycles. The fraction of sp³-hybridized carbons (Fsp3) is 0.360. The maximum absolute atomic E-state index is 13.4. The summed E-state index contributed by atoms with van der Waals surface area (Å²) in [4.78, 5) is 28.0. The molecule has 1 aliphatic rings. The second-order valence-corrected chi connectivity index (χ2v) is 10.5. The van der Waals surface area contributed by atoms with Crippen LogP contribution >= 0.6 is 0 Å². The van der Waals surface area contributed by atoms with Crippen molar-refractivity contribution in [2.75, 3.05) is 6.54 Å². The number of piperidine rings is 1. The van der Waals surface area contributed by atoms with Crippen LogP contribution in [0.1, 0.15) is 54.1 Å². The van der Waals surface area contributed by atoms with Gasteiger partial charge in [-0.05, 0) is 49.9 Å². The molecule has 4 rings (SSSR count). The molecule has 174 valence electrons. The molecule has 3 aromatic rings.